The number of halogens is 2. The summed E-state index contributed by atoms with van der Waals surface area (Å²) in [6.45, 7) is 4.63. The second-order valence-corrected chi connectivity index (χ2v) is 11.4. The fourth-order valence-corrected chi connectivity index (χ4v) is 6.13. The highest BCUT2D eigenvalue weighted by Crippen LogP contribution is 2.42. The highest BCUT2D eigenvalue weighted by Gasteiger charge is 2.47. The number of piperidine rings is 1. The lowest BCUT2D eigenvalue weighted by Crippen LogP contribution is -2.45. The minimum absolute atomic E-state index is 0.152. The second kappa shape index (κ2) is 10.9. The van der Waals surface area contributed by atoms with Crippen molar-refractivity contribution in [3.63, 3.8) is 0 Å². The maximum atomic E-state index is 13.4. The third-order valence-electron chi connectivity index (χ3n) is 7.91. The number of hydrogen-bond acceptors (Lipinski definition) is 2. The monoisotopic (exact) mass is 550 g/mol. The Morgan fingerprint density at radius 3 is 2.14 bits per heavy atom. The van der Waals surface area contributed by atoms with Crippen LogP contribution in [0.15, 0.2) is 83.3 Å². The molecule has 0 radical (unpaired) electrons. The zero-order valence-corrected chi connectivity index (χ0v) is 22.3. The molecule has 2 saturated heterocycles. The van der Waals surface area contributed by atoms with Crippen molar-refractivity contribution in [3.8, 4) is 0 Å². The summed E-state index contributed by atoms with van der Waals surface area (Å²) < 4.78 is 1.07. The van der Waals surface area contributed by atoms with Gasteiger partial charge in [-0.25, -0.2) is 0 Å². The van der Waals surface area contributed by atoms with Crippen LogP contribution in [-0.2, 0) is 11.3 Å². The van der Waals surface area contributed by atoms with Crippen molar-refractivity contribution in [2.45, 2.75) is 38.1 Å². The van der Waals surface area contributed by atoms with Crippen molar-refractivity contribution in [1.82, 2.24) is 9.80 Å². The molecule has 2 aliphatic rings. The van der Waals surface area contributed by atoms with E-state index in [9.17, 15) is 4.79 Å². The van der Waals surface area contributed by atoms with Gasteiger partial charge >= 0.3 is 0 Å². The Hall–Kier alpha value is -2.14. The Morgan fingerprint density at radius 1 is 0.829 bits per heavy atom. The molecule has 182 valence electrons. The molecule has 2 heterocycles. The highest BCUT2D eigenvalue weighted by molar-refractivity contribution is 9.10. The Labute approximate surface area is 222 Å². The summed E-state index contributed by atoms with van der Waals surface area (Å²) in [5, 5.41) is 0.775. The number of carbonyl (C=O) groups excluding carboxylic acids is 1. The summed E-state index contributed by atoms with van der Waals surface area (Å²) in [5.41, 5.74) is 3.70. The standard InChI is InChI=1S/C30H32BrClN2O/c31-26-10-6-23(7-11-26)22-34-21-17-30(29(34)35)15-19-33(20-16-30)18-14-28(24-4-2-1-3-5-24)25-8-12-27(32)13-9-25/h1-13,28H,14-22H2. The van der Waals surface area contributed by atoms with Gasteiger partial charge in [0.05, 0.1) is 5.41 Å². The van der Waals surface area contributed by atoms with Gasteiger partial charge < -0.3 is 9.80 Å². The van der Waals surface area contributed by atoms with Crippen LogP contribution in [0.25, 0.3) is 0 Å². The molecule has 0 N–H and O–H groups in total. The molecule has 0 aromatic heterocycles. The number of carbonyl (C=O) groups is 1. The van der Waals surface area contributed by atoms with E-state index in [1.165, 1.54) is 16.7 Å². The van der Waals surface area contributed by atoms with Gasteiger partial charge in [-0.2, -0.15) is 0 Å². The minimum Gasteiger partial charge on any atom is -0.338 e. The lowest BCUT2D eigenvalue weighted by atomic mass is 9.77. The average Bonchev–Trinajstić information content (AvgIpc) is 3.18. The predicted molar refractivity (Wildman–Crippen MR) is 147 cm³/mol. The van der Waals surface area contributed by atoms with E-state index in [0.29, 0.717) is 11.8 Å². The van der Waals surface area contributed by atoms with Gasteiger partial charge in [-0.3, -0.25) is 4.79 Å². The second-order valence-electron chi connectivity index (χ2n) is 10.0. The summed E-state index contributed by atoms with van der Waals surface area (Å²) in [7, 11) is 0. The highest BCUT2D eigenvalue weighted by atomic mass is 79.9. The van der Waals surface area contributed by atoms with E-state index in [4.69, 9.17) is 11.6 Å². The van der Waals surface area contributed by atoms with Crippen LogP contribution in [-0.4, -0.2) is 41.9 Å². The number of rotatable bonds is 7. The zero-order valence-electron chi connectivity index (χ0n) is 20.0. The topological polar surface area (TPSA) is 23.6 Å². The van der Waals surface area contributed by atoms with Crippen molar-refractivity contribution in [3.05, 3.63) is 105 Å². The van der Waals surface area contributed by atoms with Crippen LogP contribution in [0.2, 0.25) is 5.02 Å². The van der Waals surface area contributed by atoms with Crippen LogP contribution in [0, 0.1) is 5.41 Å². The molecular weight excluding hydrogens is 520 g/mol. The minimum atomic E-state index is -0.152. The fourth-order valence-electron chi connectivity index (χ4n) is 5.74. The Bertz CT molecular complexity index is 1130. The molecule has 1 amide bonds. The number of likely N-dealkylation sites (tertiary alicyclic amines) is 2. The van der Waals surface area contributed by atoms with Gasteiger partial charge in [-0.15, -0.1) is 0 Å². The van der Waals surface area contributed by atoms with Crippen molar-refractivity contribution < 1.29 is 4.79 Å². The van der Waals surface area contributed by atoms with Crippen LogP contribution >= 0.6 is 27.5 Å². The first kappa shape index (κ1) is 24.5. The quantitative estimate of drug-likeness (QED) is 0.312. The van der Waals surface area contributed by atoms with E-state index in [1.54, 1.807) is 0 Å². The van der Waals surface area contributed by atoms with Gasteiger partial charge in [0.25, 0.3) is 0 Å². The number of hydrogen-bond donors (Lipinski definition) is 0. The molecule has 3 nitrogen and oxygen atoms in total. The van der Waals surface area contributed by atoms with E-state index >= 15 is 0 Å². The van der Waals surface area contributed by atoms with Gasteiger partial charge in [-0.05, 0) is 86.3 Å². The van der Waals surface area contributed by atoms with Crippen LogP contribution in [0.4, 0.5) is 0 Å². The van der Waals surface area contributed by atoms with Crippen LogP contribution in [0.5, 0.6) is 0 Å². The van der Waals surface area contributed by atoms with Crippen molar-refractivity contribution in [1.29, 1.82) is 0 Å². The van der Waals surface area contributed by atoms with Crippen LogP contribution in [0.1, 0.15) is 48.3 Å². The average molecular weight is 552 g/mol. The zero-order chi connectivity index (χ0) is 24.3. The predicted octanol–water partition coefficient (Wildman–Crippen LogP) is 7.14. The molecule has 5 heteroatoms. The number of amides is 1. The SMILES string of the molecule is O=C1N(Cc2ccc(Br)cc2)CCC12CCN(CCC(c1ccccc1)c1ccc(Cl)cc1)CC2. The van der Waals surface area contributed by atoms with E-state index in [2.05, 4.69) is 92.5 Å². The lowest BCUT2D eigenvalue weighted by Gasteiger charge is -2.38. The maximum absolute atomic E-state index is 13.4. The molecule has 3 aromatic carbocycles. The van der Waals surface area contributed by atoms with Gasteiger partial charge in [0.2, 0.25) is 5.91 Å². The largest absolute Gasteiger partial charge is 0.338 e. The molecule has 0 bridgehead atoms. The number of nitrogens with zero attached hydrogens (tertiary/aromatic N) is 2. The normalized spacial score (nSPS) is 18.8. The van der Waals surface area contributed by atoms with Gasteiger partial charge in [0, 0.05) is 28.5 Å². The molecule has 2 aliphatic heterocycles. The van der Waals surface area contributed by atoms with E-state index in [0.717, 1.165) is 67.9 Å². The maximum Gasteiger partial charge on any atom is 0.229 e. The van der Waals surface area contributed by atoms with E-state index in [1.807, 2.05) is 12.1 Å². The fraction of sp³-hybridized carbons (Fsp3) is 0.367. The number of benzene rings is 3. The van der Waals surface area contributed by atoms with Crippen molar-refractivity contribution >= 4 is 33.4 Å². The third kappa shape index (κ3) is 5.66. The van der Waals surface area contributed by atoms with Crippen molar-refractivity contribution in [2.75, 3.05) is 26.2 Å². The van der Waals surface area contributed by atoms with E-state index in [-0.39, 0.29) is 5.41 Å². The smallest absolute Gasteiger partial charge is 0.229 e. The lowest BCUT2D eigenvalue weighted by molar-refractivity contribution is -0.138. The summed E-state index contributed by atoms with van der Waals surface area (Å²) in [6, 6.07) is 27.4. The van der Waals surface area contributed by atoms with Gasteiger partial charge in [0.1, 0.15) is 0 Å². The first-order valence-electron chi connectivity index (χ1n) is 12.6. The van der Waals surface area contributed by atoms with Crippen LogP contribution in [0.3, 0.4) is 0 Å². The summed E-state index contributed by atoms with van der Waals surface area (Å²) >= 11 is 9.65. The molecule has 1 unspecified atom stereocenters. The molecule has 5 rings (SSSR count). The Balaban J connectivity index is 1.19. The summed E-state index contributed by atoms with van der Waals surface area (Å²) in [5.74, 6) is 0.710. The van der Waals surface area contributed by atoms with E-state index < -0.39 is 0 Å². The van der Waals surface area contributed by atoms with Crippen LogP contribution < -0.4 is 0 Å². The molecule has 1 atom stereocenters. The molecule has 0 aliphatic carbocycles. The third-order valence-corrected chi connectivity index (χ3v) is 8.69. The van der Waals surface area contributed by atoms with Gasteiger partial charge in [0.15, 0.2) is 0 Å². The van der Waals surface area contributed by atoms with Gasteiger partial charge in [-0.1, -0.05) is 82.1 Å². The molecule has 35 heavy (non-hydrogen) atoms. The molecule has 3 aromatic rings. The van der Waals surface area contributed by atoms with Crippen molar-refractivity contribution in [2.24, 2.45) is 5.41 Å². The molecular formula is C30H32BrClN2O. The summed E-state index contributed by atoms with van der Waals surface area (Å²) in [4.78, 5) is 18.0. The summed E-state index contributed by atoms with van der Waals surface area (Å²) in [6.07, 6.45) is 4.00. The Kier molecular flexibility index (Phi) is 7.62. The molecule has 0 saturated carbocycles. The first-order chi connectivity index (χ1) is 17.0. The first-order valence-corrected chi connectivity index (χ1v) is 13.8. The molecule has 2 fully saturated rings. The Morgan fingerprint density at radius 2 is 1.46 bits per heavy atom. The molecule has 1 spiro atoms.